The third-order valence-corrected chi connectivity index (χ3v) is 16.4. The lowest BCUT2D eigenvalue weighted by atomic mass is 9.33. The van der Waals surface area contributed by atoms with E-state index >= 15 is 0 Å². The molecule has 0 spiro atoms. The molecule has 11 aromatic rings. The molecule has 10 aromatic carbocycles. The lowest BCUT2D eigenvalue weighted by Gasteiger charge is -2.46. The Morgan fingerprint density at radius 1 is 0.431 bits per heavy atom. The van der Waals surface area contributed by atoms with Crippen molar-refractivity contribution in [3.63, 3.8) is 0 Å². The van der Waals surface area contributed by atoms with E-state index in [1.807, 2.05) is 11.3 Å². The van der Waals surface area contributed by atoms with Crippen molar-refractivity contribution < 1.29 is 0 Å². The highest BCUT2D eigenvalue weighted by Gasteiger charge is 2.45. The van der Waals surface area contributed by atoms with Crippen LogP contribution in [0, 0.1) is 0 Å². The maximum absolute atomic E-state index is 2.69. The van der Waals surface area contributed by atoms with Crippen molar-refractivity contribution in [2.24, 2.45) is 0 Å². The molecule has 346 valence electrons. The predicted octanol–water partition coefficient (Wildman–Crippen LogP) is 17.4. The second-order valence-electron chi connectivity index (χ2n) is 20.6. The summed E-state index contributed by atoms with van der Waals surface area (Å²) in [7, 11) is 0. The highest BCUT2D eigenvalue weighted by molar-refractivity contribution is 7.25. The minimum atomic E-state index is -0.174. The van der Waals surface area contributed by atoms with Crippen molar-refractivity contribution in [1.82, 2.24) is 0 Å². The zero-order valence-corrected chi connectivity index (χ0v) is 42.2. The SMILES string of the molecule is CCCCc1c(N2c3ccc(-c4ccccc4)cc3B3c4cc(-c5ccccc5)ccc4N(c4c(-c5ccccc5)cccc4-c4ccccc4)c4cc(C(C)(C)C)cc2c43)ccc2sc3ccccc3c12. The molecule has 0 N–H and O–H groups in total. The Hall–Kier alpha value is -7.92. The van der Waals surface area contributed by atoms with Crippen molar-refractivity contribution in [2.45, 2.75) is 52.4 Å². The number of para-hydroxylation sites is 1. The summed E-state index contributed by atoms with van der Waals surface area (Å²) in [6, 6.07) is 84.5. The first-order chi connectivity index (χ1) is 35.3. The fraction of sp³-hybridized carbons (Fsp3) is 0.118. The van der Waals surface area contributed by atoms with Gasteiger partial charge in [-0.1, -0.05) is 216 Å². The van der Waals surface area contributed by atoms with E-state index in [0.717, 1.165) is 19.3 Å². The maximum Gasteiger partial charge on any atom is 0.252 e. The van der Waals surface area contributed by atoms with Crippen molar-refractivity contribution in [1.29, 1.82) is 0 Å². The van der Waals surface area contributed by atoms with Gasteiger partial charge in [-0.2, -0.15) is 0 Å². The van der Waals surface area contributed by atoms with Crippen LogP contribution in [-0.4, -0.2) is 6.71 Å². The number of unbranched alkanes of at least 4 members (excludes halogenated alkanes) is 1. The largest absolute Gasteiger partial charge is 0.311 e. The topological polar surface area (TPSA) is 6.48 Å². The first-order valence-electron chi connectivity index (χ1n) is 25.7. The molecule has 0 atom stereocenters. The Bertz CT molecular complexity index is 3780. The van der Waals surface area contributed by atoms with Crippen LogP contribution in [0.4, 0.5) is 34.1 Å². The zero-order chi connectivity index (χ0) is 48.5. The maximum atomic E-state index is 2.69. The molecule has 0 fully saturated rings. The summed E-state index contributed by atoms with van der Waals surface area (Å²) >= 11 is 1.92. The molecule has 2 aliphatic rings. The van der Waals surface area contributed by atoms with Crippen LogP contribution < -0.4 is 26.2 Å². The van der Waals surface area contributed by atoms with Gasteiger partial charge in [-0.25, -0.2) is 0 Å². The number of hydrogen-bond donors (Lipinski definition) is 0. The van der Waals surface area contributed by atoms with Gasteiger partial charge in [0.05, 0.1) is 5.69 Å². The molecule has 3 heterocycles. The van der Waals surface area contributed by atoms with Crippen molar-refractivity contribution in [2.75, 3.05) is 9.80 Å². The molecule has 0 amide bonds. The van der Waals surface area contributed by atoms with Crippen molar-refractivity contribution >= 4 is 88.7 Å². The van der Waals surface area contributed by atoms with Crippen molar-refractivity contribution in [3.05, 3.63) is 236 Å². The summed E-state index contributed by atoms with van der Waals surface area (Å²) < 4.78 is 2.69. The molecule has 0 saturated heterocycles. The van der Waals surface area contributed by atoms with Gasteiger partial charge in [-0.3, -0.25) is 0 Å². The fourth-order valence-electron chi connectivity index (χ4n) is 11.7. The van der Waals surface area contributed by atoms with E-state index < -0.39 is 0 Å². The van der Waals surface area contributed by atoms with Gasteiger partial charge in [0.2, 0.25) is 0 Å². The molecule has 13 rings (SSSR count). The number of nitrogens with zero attached hydrogens (tertiary/aromatic N) is 2. The number of hydrogen-bond acceptors (Lipinski definition) is 3. The van der Waals surface area contributed by atoms with Crippen LogP contribution in [0.15, 0.2) is 224 Å². The zero-order valence-electron chi connectivity index (χ0n) is 41.4. The second-order valence-corrected chi connectivity index (χ2v) is 21.7. The first-order valence-corrected chi connectivity index (χ1v) is 26.5. The van der Waals surface area contributed by atoms with E-state index in [4.69, 9.17) is 0 Å². The predicted molar refractivity (Wildman–Crippen MR) is 312 cm³/mol. The summed E-state index contributed by atoms with van der Waals surface area (Å²) in [5.41, 5.74) is 23.5. The molecule has 0 bridgehead atoms. The molecule has 0 unspecified atom stereocenters. The molecule has 0 saturated carbocycles. The summed E-state index contributed by atoms with van der Waals surface area (Å²) in [6.07, 6.45) is 3.21. The quantitative estimate of drug-likeness (QED) is 0.133. The Kier molecular flexibility index (Phi) is 10.9. The van der Waals surface area contributed by atoms with Crippen LogP contribution in [0.1, 0.15) is 51.7 Å². The lowest BCUT2D eigenvalue weighted by molar-refractivity contribution is 0.590. The van der Waals surface area contributed by atoms with Gasteiger partial charge in [-0.05, 0) is 122 Å². The van der Waals surface area contributed by atoms with Crippen LogP contribution in [0.5, 0.6) is 0 Å². The number of fused-ring (bicyclic) bond motifs is 7. The Morgan fingerprint density at radius 2 is 0.931 bits per heavy atom. The Morgan fingerprint density at radius 3 is 1.49 bits per heavy atom. The minimum Gasteiger partial charge on any atom is -0.311 e. The van der Waals surface area contributed by atoms with E-state index in [1.165, 1.54) is 126 Å². The summed E-state index contributed by atoms with van der Waals surface area (Å²) in [6.45, 7) is 9.38. The van der Waals surface area contributed by atoms with Crippen LogP contribution in [0.3, 0.4) is 0 Å². The smallest absolute Gasteiger partial charge is 0.252 e. The normalized spacial score (nSPS) is 12.8. The number of aryl methyl sites for hydroxylation is 1. The molecule has 0 aliphatic carbocycles. The van der Waals surface area contributed by atoms with Gasteiger partial charge in [0.1, 0.15) is 0 Å². The van der Waals surface area contributed by atoms with E-state index in [2.05, 4.69) is 262 Å². The average molecular weight is 943 g/mol. The van der Waals surface area contributed by atoms with Gasteiger partial charge < -0.3 is 9.80 Å². The van der Waals surface area contributed by atoms with Gasteiger partial charge in [0.15, 0.2) is 0 Å². The lowest BCUT2D eigenvalue weighted by Crippen LogP contribution is -2.61. The number of anilines is 6. The van der Waals surface area contributed by atoms with Crippen LogP contribution in [-0.2, 0) is 11.8 Å². The molecule has 2 nitrogen and oxygen atoms in total. The molecular formula is C68H55BN2S. The van der Waals surface area contributed by atoms with E-state index in [0.29, 0.717) is 0 Å². The van der Waals surface area contributed by atoms with Crippen LogP contribution >= 0.6 is 11.3 Å². The average Bonchev–Trinajstić information content (AvgIpc) is 3.82. The van der Waals surface area contributed by atoms with Crippen LogP contribution in [0.2, 0.25) is 0 Å². The number of thiophene rings is 1. The fourth-order valence-corrected chi connectivity index (χ4v) is 12.9. The molecule has 72 heavy (non-hydrogen) atoms. The van der Waals surface area contributed by atoms with E-state index in [1.54, 1.807) is 0 Å². The van der Waals surface area contributed by atoms with E-state index in [9.17, 15) is 0 Å². The standard InChI is InChI=1S/C68H55BN2S/c1-5-6-30-54-58(39-40-64-65(54)55-31-19-20-34-63(55)72-64)70-59-37-35-49(45-22-11-7-12-23-45)41-56(59)69-57-42-50(46-24-13-8-14-25-46)36-38-60(57)71(62-44-51(68(2,3)4)43-61(70)66(62)69)67-52(47-26-15-9-16-27-47)32-21-33-53(67)48-28-17-10-18-29-48/h7-29,31-44H,5-6,30H2,1-4H3. The molecule has 2 aliphatic heterocycles. The molecular weight excluding hydrogens is 888 g/mol. The molecule has 1 aromatic heterocycles. The van der Waals surface area contributed by atoms with Gasteiger partial charge in [0, 0.05) is 59.7 Å². The highest BCUT2D eigenvalue weighted by atomic mass is 32.1. The second kappa shape index (κ2) is 17.7. The summed E-state index contributed by atoms with van der Waals surface area (Å²) in [4.78, 5) is 5.36. The highest BCUT2D eigenvalue weighted by Crippen LogP contribution is 2.52. The third-order valence-electron chi connectivity index (χ3n) is 15.2. The summed E-state index contributed by atoms with van der Waals surface area (Å²) in [5, 5.41) is 2.75. The Labute approximate surface area is 428 Å². The van der Waals surface area contributed by atoms with Gasteiger partial charge in [-0.15, -0.1) is 11.3 Å². The van der Waals surface area contributed by atoms with Crippen molar-refractivity contribution in [3.8, 4) is 44.5 Å². The third kappa shape index (κ3) is 7.30. The first kappa shape index (κ1) is 44.1. The van der Waals surface area contributed by atoms with E-state index in [-0.39, 0.29) is 12.1 Å². The molecule has 0 radical (unpaired) electrons. The Balaban J connectivity index is 1.20. The number of rotatable bonds is 9. The minimum absolute atomic E-state index is 0.0808. The van der Waals surface area contributed by atoms with Crippen LogP contribution in [0.25, 0.3) is 64.7 Å². The number of benzene rings is 10. The molecule has 4 heteroatoms. The monoisotopic (exact) mass is 942 g/mol. The summed E-state index contributed by atoms with van der Waals surface area (Å²) in [5.74, 6) is 0. The van der Waals surface area contributed by atoms with Gasteiger partial charge >= 0.3 is 0 Å². The van der Waals surface area contributed by atoms with Gasteiger partial charge in [0.25, 0.3) is 6.71 Å².